The Morgan fingerprint density at radius 3 is 1.73 bits per heavy atom. The monoisotopic (exact) mass is 421 g/mol. The van der Waals surface area contributed by atoms with Gasteiger partial charge >= 0.3 is 0 Å². The van der Waals surface area contributed by atoms with Gasteiger partial charge in [0.2, 0.25) is 0 Å². The lowest BCUT2D eigenvalue weighted by Gasteiger charge is -2.10. The average molecular weight is 422 g/mol. The van der Waals surface area contributed by atoms with Crippen LogP contribution < -0.4 is 0 Å². The Morgan fingerprint density at radius 2 is 1.23 bits per heavy atom. The third kappa shape index (κ3) is 8.88. The number of hydrogen-bond acceptors (Lipinski definition) is 1. The summed E-state index contributed by atoms with van der Waals surface area (Å²) in [4.78, 5) is 0. The van der Waals surface area contributed by atoms with Crippen molar-refractivity contribution in [3.63, 3.8) is 0 Å². The van der Waals surface area contributed by atoms with Crippen molar-refractivity contribution in [1.82, 2.24) is 0 Å². The Bertz CT molecular complexity index is 783. The highest BCUT2D eigenvalue weighted by molar-refractivity contribution is 8.18. The van der Waals surface area contributed by atoms with Gasteiger partial charge in [0.05, 0.1) is 0 Å². The predicted molar refractivity (Wildman–Crippen MR) is 136 cm³/mol. The lowest BCUT2D eigenvalue weighted by Crippen LogP contribution is -1.98. The van der Waals surface area contributed by atoms with Gasteiger partial charge in [-0.05, 0) is 54.4 Å². The van der Waals surface area contributed by atoms with Crippen LogP contribution in [0.5, 0.6) is 0 Å². The summed E-state index contributed by atoms with van der Waals surface area (Å²) in [5.41, 5.74) is 5.43. The minimum atomic E-state index is -0.360. The first kappa shape index (κ1) is 24.4. The van der Waals surface area contributed by atoms with Crippen molar-refractivity contribution < 1.29 is 0 Å². The van der Waals surface area contributed by atoms with Crippen molar-refractivity contribution >= 4 is 16.4 Å². The average Bonchev–Trinajstić information content (AvgIpc) is 2.78. The molecule has 0 fully saturated rings. The molecule has 30 heavy (non-hydrogen) atoms. The van der Waals surface area contributed by atoms with E-state index in [1.807, 2.05) is 0 Å². The number of rotatable bonds is 14. The molecular formula is C28H39NS. The molecule has 162 valence electrons. The van der Waals surface area contributed by atoms with Crippen LogP contribution in [-0.4, -0.2) is 11.1 Å². The molecule has 0 bridgehead atoms. The molecule has 2 unspecified atom stereocenters. The molecule has 2 aromatic rings. The molecule has 2 heteroatoms. The van der Waals surface area contributed by atoms with Gasteiger partial charge in [-0.2, -0.15) is 5.26 Å². The van der Waals surface area contributed by atoms with Gasteiger partial charge in [0.25, 0.3) is 0 Å². The molecule has 0 amide bonds. The SMILES string of the molecule is C=S(C#N)C(C)CCCc1ccc(-c2ccc(CCCCCCCCC)cc2)cc1. The van der Waals surface area contributed by atoms with Crippen LogP contribution in [0.3, 0.4) is 0 Å². The van der Waals surface area contributed by atoms with Crippen LogP contribution >= 0.6 is 10.5 Å². The molecule has 2 atom stereocenters. The van der Waals surface area contributed by atoms with Crippen LogP contribution in [0.15, 0.2) is 48.5 Å². The van der Waals surface area contributed by atoms with Crippen molar-refractivity contribution in [3.05, 3.63) is 59.7 Å². The summed E-state index contributed by atoms with van der Waals surface area (Å²) >= 11 is 0. The van der Waals surface area contributed by atoms with Crippen molar-refractivity contribution in [2.45, 2.75) is 89.7 Å². The van der Waals surface area contributed by atoms with E-state index in [1.54, 1.807) is 0 Å². The molecule has 0 heterocycles. The molecular weight excluding hydrogens is 382 g/mol. The molecule has 1 nitrogen and oxygen atoms in total. The maximum atomic E-state index is 8.97. The van der Waals surface area contributed by atoms with Crippen molar-refractivity contribution in [1.29, 1.82) is 5.26 Å². The van der Waals surface area contributed by atoms with Gasteiger partial charge in [-0.1, -0.05) is 117 Å². The summed E-state index contributed by atoms with van der Waals surface area (Å²) in [5.74, 6) is 3.93. The largest absolute Gasteiger partial charge is 0.186 e. The molecule has 0 saturated heterocycles. The highest BCUT2D eigenvalue weighted by atomic mass is 32.2. The minimum Gasteiger partial charge on any atom is -0.186 e. The molecule has 0 saturated carbocycles. The van der Waals surface area contributed by atoms with Crippen LogP contribution in [0, 0.1) is 10.7 Å². The van der Waals surface area contributed by atoms with E-state index in [1.165, 1.54) is 73.6 Å². The third-order valence-electron chi connectivity index (χ3n) is 5.99. The normalized spacial score (nSPS) is 13.0. The number of benzene rings is 2. The fourth-order valence-electron chi connectivity index (χ4n) is 3.84. The Balaban J connectivity index is 1.74. The summed E-state index contributed by atoms with van der Waals surface area (Å²) < 4.78 is 0. The second-order valence-electron chi connectivity index (χ2n) is 8.49. The highest BCUT2D eigenvalue weighted by Gasteiger charge is 2.05. The zero-order valence-corrected chi connectivity index (χ0v) is 19.9. The van der Waals surface area contributed by atoms with E-state index in [-0.39, 0.29) is 10.5 Å². The molecule has 0 aliphatic rings. The van der Waals surface area contributed by atoms with Gasteiger partial charge in [-0.25, -0.2) is 0 Å². The van der Waals surface area contributed by atoms with Gasteiger partial charge in [-0.15, -0.1) is 0 Å². The zero-order valence-electron chi connectivity index (χ0n) is 19.0. The number of nitrogens with zero attached hydrogens (tertiary/aromatic N) is 1. The van der Waals surface area contributed by atoms with Crippen LogP contribution in [-0.2, 0) is 12.8 Å². The fraction of sp³-hybridized carbons (Fsp3) is 0.500. The first-order chi connectivity index (χ1) is 14.6. The third-order valence-corrected chi connectivity index (χ3v) is 7.43. The summed E-state index contributed by atoms with van der Waals surface area (Å²) in [6.07, 6.45) is 14.0. The number of nitriles is 1. The van der Waals surface area contributed by atoms with Crippen LogP contribution in [0.25, 0.3) is 11.1 Å². The second-order valence-corrected chi connectivity index (χ2v) is 10.3. The number of unbranched alkanes of at least 4 members (excludes halogenated alkanes) is 6. The van der Waals surface area contributed by atoms with E-state index in [0.29, 0.717) is 5.25 Å². The Morgan fingerprint density at radius 1 is 0.767 bits per heavy atom. The summed E-state index contributed by atoms with van der Waals surface area (Å²) in [6, 6.07) is 18.1. The van der Waals surface area contributed by atoms with Crippen molar-refractivity contribution in [2.24, 2.45) is 0 Å². The van der Waals surface area contributed by atoms with Crippen LogP contribution in [0.2, 0.25) is 0 Å². The van der Waals surface area contributed by atoms with E-state index in [2.05, 4.69) is 73.7 Å². The zero-order chi connectivity index (χ0) is 21.6. The number of thiocyanates is 1. The second kappa shape index (κ2) is 14.2. The maximum absolute atomic E-state index is 8.97. The van der Waals surface area contributed by atoms with Gasteiger partial charge in [0.15, 0.2) is 0 Å². The summed E-state index contributed by atoms with van der Waals surface area (Å²) in [6.45, 7) is 4.41. The summed E-state index contributed by atoms with van der Waals surface area (Å²) in [7, 11) is -0.360. The topological polar surface area (TPSA) is 23.8 Å². The maximum Gasteiger partial charge on any atom is 0.126 e. The molecule has 0 spiro atoms. The Kier molecular flexibility index (Phi) is 11.6. The van der Waals surface area contributed by atoms with E-state index >= 15 is 0 Å². The van der Waals surface area contributed by atoms with Crippen molar-refractivity contribution in [2.75, 3.05) is 0 Å². The van der Waals surface area contributed by atoms with Crippen molar-refractivity contribution in [3.8, 4) is 16.5 Å². The lowest BCUT2D eigenvalue weighted by molar-refractivity contribution is 0.589. The highest BCUT2D eigenvalue weighted by Crippen LogP contribution is 2.24. The van der Waals surface area contributed by atoms with Gasteiger partial charge in [0, 0.05) is 5.25 Å². The van der Waals surface area contributed by atoms with Gasteiger partial charge in [0.1, 0.15) is 5.40 Å². The Labute approximate surface area is 187 Å². The van der Waals surface area contributed by atoms with E-state index in [0.717, 1.165) is 19.3 Å². The first-order valence-electron chi connectivity index (χ1n) is 11.7. The molecule has 0 aliphatic heterocycles. The summed E-state index contributed by atoms with van der Waals surface area (Å²) in [5, 5.41) is 11.6. The molecule has 0 aromatic heterocycles. The quantitative estimate of drug-likeness (QED) is 0.170. The van der Waals surface area contributed by atoms with E-state index < -0.39 is 0 Å². The number of hydrogen-bond donors (Lipinski definition) is 0. The molecule has 0 aliphatic carbocycles. The molecule has 0 radical (unpaired) electrons. The van der Waals surface area contributed by atoms with Gasteiger partial charge in [-0.3, -0.25) is 0 Å². The smallest absolute Gasteiger partial charge is 0.126 e. The molecule has 0 N–H and O–H groups in total. The fourth-order valence-corrected chi connectivity index (χ4v) is 4.47. The Hall–Kier alpha value is -1.85. The van der Waals surface area contributed by atoms with E-state index in [4.69, 9.17) is 5.26 Å². The van der Waals surface area contributed by atoms with Crippen LogP contribution in [0.4, 0.5) is 0 Å². The van der Waals surface area contributed by atoms with E-state index in [9.17, 15) is 0 Å². The predicted octanol–water partition coefficient (Wildman–Crippen LogP) is 8.54. The number of aryl methyl sites for hydroxylation is 2. The minimum absolute atomic E-state index is 0.360. The standard InChI is InChI=1S/C28H39NS/c1-4-5-6-7-8-9-10-13-25-15-19-27(20-16-25)28-21-17-26(18-22-28)14-11-12-24(2)30(3)23-29/h15-22,24H,3-14H2,1-2H3. The molecule has 2 rings (SSSR count). The van der Waals surface area contributed by atoms with Crippen LogP contribution in [0.1, 0.15) is 82.8 Å². The molecule has 2 aromatic carbocycles. The lowest BCUT2D eigenvalue weighted by atomic mass is 9.99. The first-order valence-corrected chi connectivity index (χ1v) is 13.2. The van der Waals surface area contributed by atoms with Gasteiger partial charge < -0.3 is 0 Å².